The zero-order chi connectivity index (χ0) is 16.3. The van der Waals surface area contributed by atoms with Crippen molar-refractivity contribution in [2.45, 2.75) is 31.3 Å². The summed E-state index contributed by atoms with van der Waals surface area (Å²) in [5, 5.41) is 15.8. The third kappa shape index (κ3) is 4.04. The first-order chi connectivity index (χ1) is 11.0. The van der Waals surface area contributed by atoms with E-state index in [0.717, 1.165) is 24.2 Å². The molecule has 1 atom stereocenters. The monoisotopic (exact) mass is 312 g/mol. The predicted octanol–water partition coefficient (Wildman–Crippen LogP) is 2.38. The highest BCUT2D eigenvalue weighted by atomic mass is 16.3. The Kier molecular flexibility index (Phi) is 4.25. The summed E-state index contributed by atoms with van der Waals surface area (Å²) in [4.78, 5) is 20.4. The molecule has 0 spiro atoms. The van der Waals surface area contributed by atoms with Crippen LogP contribution in [0.15, 0.2) is 42.7 Å². The van der Waals surface area contributed by atoms with Crippen molar-refractivity contribution in [3.8, 4) is 0 Å². The predicted molar refractivity (Wildman–Crippen MR) is 87.0 cm³/mol. The second-order valence-electron chi connectivity index (χ2n) is 6.05. The van der Waals surface area contributed by atoms with Crippen molar-refractivity contribution in [1.29, 1.82) is 0 Å². The van der Waals surface area contributed by atoms with E-state index in [2.05, 4.69) is 20.6 Å². The lowest BCUT2D eigenvalue weighted by atomic mass is 9.96. The SMILES string of the molecule is CC(O)(CNC(=O)Nc1cnc(C2CC2)nc1)c1ccccc1. The van der Waals surface area contributed by atoms with E-state index in [4.69, 9.17) is 0 Å². The van der Waals surface area contributed by atoms with E-state index in [9.17, 15) is 9.90 Å². The molecular weight excluding hydrogens is 292 g/mol. The summed E-state index contributed by atoms with van der Waals surface area (Å²) in [6.07, 6.45) is 5.49. The van der Waals surface area contributed by atoms with E-state index in [-0.39, 0.29) is 6.54 Å². The van der Waals surface area contributed by atoms with Crippen LogP contribution in [0.3, 0.4) is 0 Å². The summed E-state index contributed by atoms with van der Waals surface area (Å²) in [5.41, 5.74) is 0.147. The molecule has 2 amide bonds. The van der Waals surface area contributed by atoms with Gasteiger partial charge in [0.2, 0.25) is 0 Å². The number of urea groups is 1. The Balaban J connectivity index is 1.52. The van der Waals surface area contributed by atoms with E-state index in [1.165, 1.54) is 0 Å². The highest BCUT2D eigenvalue weighted by Gasteiger charge is 2.26. The molecule has 1 saturated carbocycles. The Morgan fingerprint density at radius 1 is 1.26 bits per heavy atom. The molecule has 1 aliphatic rings. The van der Waals surface area contributed by atoms with Gasteiger partial charge >= 0.3 is 6.03 Å². The highest BCUT2D eigenvalue weighted by Crippen LogP contribution is 2.37. The standard InChI is InChI=1S/C17H20N4O2/c1-17(23,13-5-3-2-4-6-13)11-20-16(22)21-14-9-18-15(19-10-14)12-7-8-12/h2-6,9-10,12,23H,7-8,11H2,1H3,(H2,20,21,22). The first-order valence-corrected chi connectivity index (χ1v) is 7.69. The van der Waals surface area contributed by atoms with Crippen LogP contribution in [0.2, 0.25) is 0 Å². The average Bonchev–Trinajstić information content (AvgIpc) is 3.40. The number of aromatic nitrogens is 2. The van der Waals surface area contributed by atoms with Gasteiger partial charge in [-0.25, -0.2) is 14.8 Å². The van der Waals surface area contributed by atoms with Crippen LogP contribution >= 0.6 is 0 Å². The molecule has 6 nitrogen and oxygen atoms in total. The molecule has 0 saturated heterocycles. The van der Waals surface area contributed by atoms with Crippen LogP contribution in [0.1, 0.15) is 37.1 Å². The van der Waals surface area contributed by atoms with Crippen molar-refractivity contribution in [3.05, 3.63) is 54.1 Å². The molecule has 0 bridgehead atoms. The number of hydrogen-bond acceptors (Lipinski definition) is 4. The van der Waals surface area contributed by atoms with Crippen LogP contribution in [-0.2, 0) is 5.60 Å². The lowest BCUT2D eigenvalue weighted by Gasteiger charge is -2.24. The van der Waals surface area contributed by atoms with E-state index < -0.39 is 11.6 Å². The zero-order valence-corrected chi connectivity index (χ0v) is 13.0. The minimum Gasteiger partial charge on any atom is -0.384 e. The van der Waals surface area contributed by atoms with E-state index in [1.807, 2.05) is 30.3 Å². The first-order valence-electron chi connectivity index (χ1n) is 7.69. The Morgan fingerprint density at radius 2 is 1.91 bits per heavy atom. The summed E-state index contributed by atoms with van der Waals surface area (Å²) in [6.45, 7) is 1.76. The van der Waals surface area contributed by atoms with Crippen molar-refractivity contribution in [1.82, 2.24) is 15.3 Å². The summed E-state index contributed by atoms with van der Waals surface area (Å²) < 4.78 is 0. The second-order valence-corrected chi connectivity index (χ2v) is 6.05. The molecule has 1 aliphatic carbocycles. The van der Waals surface area contributed by atoms with Crippen LogP contribution in [0.4, 0.5) is 10.5 Å². The van der Waals surface area contributed by atoms with E-state index >= 15 is 0 Å². The maximum Gasteiger partial charge on any atom is 0.319 e. The number of nitrogens with one attached hydrogen (secondary N) is 2. The summed E-state index contributed by atoms with van der Waals surface area (Å²) >= 11 is 0. The van der Waals surface area contributed by atoms with Crippen molar-refractivity contribution in [2.75, 3.05) is 11.9 Å². The number of aliphatic hydroxyl groups is 1. The fourth-order valence-electron chi connectivity index (χ4n) is 2.28. The number of benzene rings is 1. The first kappa shape index (κ1) is 15.4. The normalized spacial score (nSPS) is 16.4. The van der Waals surface area contributed by atoms with Crippen LogP contribution in [0.25, 0.3) is 0 Å². The fraction of sp³-hybridized carbons (Fsp3) is 0.353. The maximum atomic E-state index is 11.9. The van der Waals surface area contributed by atoms with Crippen molar-refractivity contribution in [3.63, 3.8) is 0 Å². The highest BCUT2D eigenvalue weighted by molar-refractivity contribution is 5.88. The number of hydrogen-bond donors (Lipinski definition) is 3. The number of carbonyl (C=O) groups excluding carboxylic acids is 1. The molecule has 1 aromatic carbocycles. The van der Waals surface area contributed by atoms with E-state index in [0.29, 0.717) is 11.6 Å². The molecule has 23 heavy (non-hydrogen) atoms. The minimum absolute atomic E-state index is 0.101. The van der Waals surface area contributed by atoms with Gasteiger partial charge in [-0.05, 0) is 25.3 Å². The summed E-state index contributed by atoms with van der Waals surface area (Å²) in [6, 6.07) is 8.83. The molecule has 0 radical (unpaired) electrons. The molecule has 1 fully saturated rings. The van der Waals surface area contributed by atoms with Crippen LogP contribution in [0.5, 0.6) is 0 Å². The number of carbonyl (C=O) groups is 1. The third-order valence-corrected chi connectivity index (χ3v) is 3.86. The number of amides is 2. The van der Waals surface area contributed by atoms with Gasteiger partial charge in [-0.15, -0.1) is 0 Å². The van der Waals surface area contributed by atoms with Gasteiger partial charge < -0.3 is 15.7 Å². The lowest BCUT2D eigenvalue weighted by molar-refractivity contribution is 0.0599. The quantitative estimate of drug-likeness (QED) is 0.791. The molecule has 3 N–H and O–H groups in total. The second kappa shape index (κ2) is 6.34. The van der Waals surface area contributed by atoms with E-state index in [1.54, 1.807) is 19.3 Å². The summed E-state index contributed by atoms with van der Waals surface area (Å²) in [5.74, 6) is 1.32. The molecule has 120 valence electrons. The largest absolute Gasteiger partial charge is 0.384 e. The van der Waals surface area contributed by atoms with Gasteiger partial charge in [0.05, 0.1) is 24.6 Å². The Labute approximate surface area is 135 Å². The zero-order valence-electron chi connectivity index (χ0n) is 13.0. The Hall–Kier alpha value is -2.47. The molecule has 0 aliphatic heterocycles. The van der Waals surface area contributed by atoms with Crippen LogP contribution in [-0.4, -0.2) is 27.7 Å². The lowest BCUT2D eigenvalue weighted by Crippen LogP contribution is -2.40. The van der Waals surface area contributed by atoms with Crippen LogP contribution in [0, 0.1) is 0 Å². The third-order valence-electron chi connectivity index (χ3n) is 3.86. The molecular formula is C17H20N4O2. The average molecular weight is 312 g/mol. The Bertz CT molecular complexity index is 667. The van der Waals surface area contributed by atoms with Gasteiger partial charge in [-0.1, -0.05) is 30.3 Å². The van der Waals surface area contributed by atoms with Gasteiger partial charge in [0.1, 0.15) is 11.4 Å². The molecule has 1 unspecified atom stereocenters. The van der Waals surface area contributed by atoms with Crippen molar-refractivity contribution in [2.24, 2.45) is 0 Å². The van der Waals surface area contributed by atoms with Crippen molar-refractivity contribution < 1.29 is 9.90 Å². The fourth-order valence-corrected chi connectivity index (χ4v) is 2.28. The van der Waals surface area contributed by atoms with Crippen molar-refractivity contribution >= 4 is 11.7 Å². The molecule has 3 rings (SSSR count). The van der Waals surface area contributed by atoms with Gasteiger partial charge in [-0.2, -0.15) is 0 Å². The molecule has 2 aromatic rings. The summed E-state index contributed by atoms with van der Waals surface area (Å²) in [7, 11) is 0. The molecule has 6 heteroatoms. The minimum atomic E-state index is -1.13. The van der Waals surface area contributed by atoms with Gasteiger partial charge in [-0.3, -0.25) is 0 Å². The van der Waals surface area contributed by atoms with Crippen LogP contribution < -0.4 is 10.6 Å². The maximum absolute atomic E-state index is 11.9. The topological polar surface area (TPSA) is 87.1 Å². The molecule has 1 heterocycles. The number of nitrogens with zero attached hydrogens (tertiary/aromatic N) is 2. The number of anilines is 1. The smallest absolute Gasteiger partial charge is 0.319 e. The Morgan fingerprint density at radius 3 is 2.52 bits per heavy atom. The van der Waals surface area contributed by atoms with Gasteiger partial charge in [0, 0.05) is 5.92 Å². The molecule has 1 aromatic heterocycles. The van der Waals surface area contributed by atoms with Gasteiger partial charge in [0.25, 0.3) is 0 Å². The van der Waals surface area contributed by atoms with Gasteiger partial charge in [0.15, 0.2) is 0 Å². The number of rotatable bonds is 5.